The molecule has 0 saturated carbocycles. The van der Waals surface area contributed by atoms with Crippen LogP contribution in [0.15, 0.2) is 0 Å². The van der Waals surface area contributed by atoms with Gasteiger partial charge in [-0.25, -0.2) is 9.59 Å². The van der Waals surface area contributed by atoms with E-state index in [0.717, 1.165) is 12.8 Å². The van der Waals surface area contributed by atoms with Crippen molar-refractivity contribution in [2.24, 2.45) is 0 Å². The zero-order valence-corrected chi connectivity index (χ0v) is 8.56. The lowest BCUT2D eigenvalue weighted by molar-refractivity contribution is 0.0703. The zero-order valence-electron chi connectivity index (χ0n) is 8.56. The number of hydrogen-bond acceptors (Lipinski definition) is 6. The molecule has 1 saturated heterocycles. The van der Waals surface area contributed by atoms with E-state index < -0.39 is 12.3 Å². The highest BCUT2D eigenvalue weighted by Gasteiger charge is 2.23. The molecule has 6 nitrogen and oxygen atoms in total. The van der Waals surface area contributed by atoms with Crippen molar-refractivity contribution in [1.29, 1.82) is 0 Å². The molecule has 6 heteroatoms. The van der Waals surface area contributed by atoms with E-state index in [-0.39, 0.29) is 6.10 Å². The van der Waals surface area contributed by atoms with Crippen LogP contribution in [0.2, 0.25) is 0 Å². The van der Waals surface area contributed by atoms with Crippen molar-refractivity contribution in [3.05, 3.63) is 0 Å². The zero-order chi connectivity index (χ0) is 11.1. The number of carbonyl (C=O) groups is 2. The van der Waals surface area contributed by atoms with Gasteiger partial charge in [0.25, 0.3) is 0 Å². The minimum atomic E-state index is -0.675. The van der Waals surface area contributed by atoms with Crippen LogP contribution in [-0.4, -0.2) is 38.7 Å². The first kappa shape index (κ1) is 11.6. The molecule has 0 aromatic carbocycles. The van der Waals surface area contributed by atoms with Crippen LogP contribution in [0.4, 0.5) is 9.59 Å². The molecule has 1 aliphatic rings. The molecule has 1 unspecified atom stereocenters. The number of cyclic esters (lactones) is 2. The summed E-state index contributed by atoms with van der Waals surface area (Å²) in [5.74, 6) is 0. The summed E-state index contributed by atoms with van der Waals surface area (Å²) >= 11 is 0. The average molecular weight is 218 g/mol. The molecule has 0 amide bonds. The number of carbonyl (C=O) groups excluding carboxylic acids is 2. The van der Waals surface area contributed by atoms with Gasteiger partial charge in [0.15, 0.2) is 0 Å². The Morgan fingerprint density at radius 3 is 2.93 bits per heavy atom. The molecule has 1 fully saturated rings. The van der Waals surface area contributed by atoms with Crippen molar-refractivity contribution in [1.82, 2.24) is 0 Å². The van der Waals surface area contributed by atoms with Crippen LogP contribution in [0.1, 0.15) is 19.3 Å². The van der Waals surface area contributed by atoms with Crippen molar-refractivity contribution >= 4 is 12.3 Å². The first-order valence-corrected chi connectivity index (χ1v) is 4.76. The molecular weight excluding hydrogens is 204 g/mol. The Hall–Kier alpha value is -1.46. The third kappa shape index (κ3) is 4.53. The molecule has 0 N–H and O–H groups in total. The fraction of sp³-hybridized carbons (Fsp3) is 0.778. The Bertz CT molecular complexity index is 227. The van der Waals surface area contributed by atoms with E-state index in [4.69, 9.17) is 4.74 Å². The molecule has 0 aromatic heterocycles. The lowest BCUT2D eigenvalue weighted by Gasteiger charge is -2.05. The van der Waals surface area contributed by atoms with Gasteiger partial charge in [-0.05, 0) is 19.3 Å². The van der Waals surface area contributed by atoms with E-state index in [2.05, 4.69) is 14.2 Å². The Labute approximate surface area is 87.4 Å². The maximum absolute atomic E-state index is 10.5. The van der Waals surface area contributed by atoms with E-state index >= 15 is 0 Å². The van der Waals surface area contributed by atoms with E-state index in [1.165, 1.54) is 7.11 Å². The van der Waals surface area contributed by atoms with Gasteiger partial charge in [-0.15, -0.1) is 0 Å². The maximum Gasteiger partial charge on any atom is 0.508 e. The first-order valence-electron chi connectivity index (χ1n) is 4.76. The normalized spacial score (nSPS) is 19.3. The van der Waals surface area contributed by atoms with Gasteiger partial charge in [0, 0.05) is 0 Å². The van der Waals surface area contributed by atoms with Gasteiger partial charge in [-0.1, -0.05) is 0 Å². The predicted octanol–water partition coefficient (Wildman–Crippen LogP) is 1.48. The van der Waals surface area contributed by atoms with E-state index in [1.54, 1.807) is 0 Å². The number of methoxy groups -OCH3 is 1. The summed E-state index contributed by atoms with van der Waals surface area (Å²) in [4.78, 5) is 21.1. The van der Waals surface area contributed by atoms with Gasteiger partial charge in [0.05, 0.1) is 13.7 Å². The lowest BCUT2D eigenvalue weighted by atomic mass is 10.2. The second-order valence-corrected chi connectivity index (χ2v) is 3.10. The third-order valence-electron chi connectivity index (χ3n) is 1.96. The van der Waals surface area contributed by atoms with Crippen LogP contribution >= 0.6 is 0 Å². The SMILES string of the molecule is COC(=O)OCCCCC1COC(=O)O1. The van der Waals surface area contributed by atoms with Crippen LogP contribution in [-0.2, 0) is 18.9 Å². The monoisotopic (exact) mass is 218 g/mol. The van der Waals surface area contributed by atoms with Crippen molar-refractivity contribution in [2.45, 2.75) is 25.4 Å². The molecule has 0 aliphatic carbocycles. The maximum atomic E-state index is 10.5. The number of hydrogen-bond donors (Lipinski definition) is 0. The van der Waals surface area contributed by atoms with Crippen LogP contribution in [0.5, 0.6) is 0 Å². The van der Waals surface area contributed by atoms with E-state index in [0.29, 0.717) is 19.6 Å². The Morgan fingerprint density at radius 2 is 2.33 bits per heavy atom. The molecule has 0 spiro atoms. The van der Waals surface area contributed by atoms with Crippen molar-refractivity contribution in [3.8, 4) is 0 Å². The molecule has 0 radical (unpaired) electrons. The van der Waals surface area contributed by atoms with Crippen LogP contribution < -0.4 is 0 Å². The minimum Gasteiger partial charge on any atom is -0.438 e. The fourth-order valence-corrected chi connectivity index (χ4v) is 1.20. The molecule has 15 heavy (non-hydrogen) atoms. The van der Waals surface area contributed by atoms with Crippen LogP contribution in [0.3, 0.4) is 0 Å². The highest BCUT2D eigenvalue weighted by Crippen LogP contribution is 2.12. The van der Waals surface area contributed by atoms with Crippen molar-refractivity contribution < 1.29 is 28.5 Å². The Morgan fingerprint density at radius 1 is 1.53 bits per heavy atom. The smallest absolute Gasteiger partial charge is 0.438 e. The summed E-state index contributed by atoms with van der Waals surface area (Å²) in [7, 11) is 1.26. The van der Waals surface area contributed by atoms with Gasteiger partial charge in [-0.2, -0.15) is 0 Å². The summed E-state index contributed by atoms with van der Waals surface area (Å²) in [5.41, 5.74) is 0. The van der Waals surface area contributed by atoms with Gasteiger partial charge in [-0.3, -0.25) is 0 Å². The Kier molecular flexibility index (Phi) is 4.73. The highest BCUT2D eigenvalue weighted by molar-refractivity contribution is 5.61. The van der Waals surface area contributed by atoms with Crippen molar-refractivity contribution in [3.63, 3.8) is 0 Å². The second-order valence-electron chi connectivity index (χ2n) is 3.10. The minimum absolute atomic E-state index is 0.157. The average Bonchev–Trinajstić information content (AvgIpc) is 2.63. The summed E-state index contributed by atoms with van der Waals surface area (Å²) < 4.78 is 18.4. The van der Waals surface area contributed by atoms with E-state index in [1.807, 2.05) is 0 Å². The summed E-state index contributed by atoms with van der Waals surface area (Å²) in [5, 5.41) is 0. The van der Waals surface area contributed by atoms with Gasteiger partial charge in [0.2, 0.25) is 0 Å². The van der Waals surface area contributed by atoms with E-state index in [9.17, 15) is 9.59 Å². The van der Waals surface area contributed by atoms with Crippen LogP contribution in [0.25, 0.3) is 0 Å². The summed E-state index contributed by atoms with van der Waals surface area (Å²) in [6.07, 6.45) is 0.796. The molecule has 0 aromatic rings. The molecule has 1 aliphatic heterocycles. The fourth-order valence-electron chi connectivity index (χ4n) is 1.20. The lowest BCUT2D eigenvalue weighted by Crippen LogP contribution is -2.10. The molecule has 1 heterocycles. The quantitative estimate of drug-likeness (QED) is 0.514. The molecule has 86 valence electrons. The summed E-state index contributed by atoms with van der Waals surface area (Å²) in [6, 6.07) is 0. The Balaban J connectivity index is 1.93. The van der Waals surface area contributed by atoms with Crippen LogP contribution in [0, 0.1) is 0 Å². The predicted molar refractivity (Wildman–Crippen MR) is 48.4 cm³/mol. The second kappa shape index (κ2) is 6.10. The van der Waals surface area contributed by atoms with Gasteiger partial charge in [0.1, 0.15) is 12.7 Å². The number of rotatable bonds is 5. The molecule has 1 rings (SSSR count). The number of unbranched alkanes of at least 4 members (excludes halogenated alkanes) is 1. The van der Waals surface area contributed by atoms with Gasteiger partial charge >= 0.3 is 12.3 Å². The topological polar surface area (TPSA) is 71.1 Å². The van der Waals surface area contributed by atoms with Gasteiger partial charge < -0.3 is 18.9 Å². The molecule has 0 bridgehead atoms. The number of ether oxygens (including phenoxy) is 4. The largest absolute Gasteiger partial charge is 0.508 e. The van der Waals surface area contributed by atoms with Crippen molar-refractivity contribution in [2.75, 3.05) is 20.3 Å². The summed E-state index contributed by atoms with van der Waals surface area (Å²) in [6.45, 7) is 0.630. The molecule has 1 atom stereocenters. The highest BCUT2D eigenvalue weighted by atomic mass is 16.8. The standard InChI is InChI=1S/C9H14O6/c1-12-8(10)13-5-3-2-4-7-6-14-9(11)15-7/h7H,2-6H2,1H3. The first-order chi connectivity index (χ1) is 7.22. The third-order valence-corrected chi connectivity index (χ3v) is 1.96. The molecular formula is C9H14O6.